The summed E-state index contributed by atoms with van der Waals surface area (Å²) in [6, 6.07) is 22.0. The van der Waals surface area contributed by atoms with Crippen LogP contribution in [-0.4, -0.2) is 66.0 Å². The van der Waals surface area contributed by atoms with Gasteiger partial charge in [0.05, 0.1) is 35.7 Å². The second kappa shape index (κ2) is 12.6. The molecule has 2 heterocycles. The standard InChI is InChI=1S/C32H35N5O6S/c1-22-9-15-26(16-10-22)44(41,42)36-19-17-35(18-20-36)28(24-11-13-25(14-12-24)31(39)43-3)27-29(33)37(32(40)34(2)30(27)38)21-23-7-5-4-6-8-23/h4-16,28H,17-21,33H2,1-3H3. The minimum absolute atomic E-state index is 0.0266. The molecule has 1 fully saturated rings. The Morgan fingerprint density at radius 2 is 1.52 bits per heavy atom. The average molecular weight is 618 g/mol. The smallest absolute Gasteiger partial charge is 0.337 e. The van der Waals surface area contributed by atoms with Crippen LogP contribution in [0.15, 0.2) is 93.3 Å². The number of anilines is 1. The molecule has 5 rings (SSSR count). The van der Waals surface area contributed by atoms with E-state index in [1.54, 1.807) is 48.5 Å². The Balaban J connectivity index is 1.56. The van der Waals surface area contributed by atoms with Crippen molar-refractivity contribution in [2.45, 2.75) is 24.4 Å². The molecule has 4 aromatic rings. The normalized spacial score (nSPS) is 15.2. The molecule has 11 nitrogen and oxygen atoms in total. The lowest BCUT2D eigenvalue weighted by Gasteiger charge is -2.39. The third kappa shape index (κ3) is 5.96. The fraction of sp³-hybridized carbons (Fsp3) is 0.281. The molecule has 12 heteroatoms. The molecule has 230 valence electrons. The van der Waals surface area contributed by atoms with Crippen LogP contribution in [0.4, 0.5) is 5.82 Å². The summed E-state index contributed by atoms with van der Waals surface area (Å²) in [5.41, 5.74) is 8.56. The van der Waals surface area contributed by atoms with Gasteiger partial charge in [-0.1, -0.05) is 60.2 Å². The molecule has 3 aromatic carbocycles. The Labute approximate surface area is 255 Å². The summed E-state index contributed by atoms with van der Waals surface area (Å²) in [6.07, 6.45) is 0. The van der Waals surface area contributed by atoms with Crippen LogP contribution in [0, 0.1) is 6.92 Å². The zero-order valence-electron chi connectivity index (χ0n) is 24.8. The van der Waals surface area contributed by atoms with E-state index in [2.05, 4.69) is 0 Å². The lowest BCUT2D eigenvalue weighted by atomic mass is 9.96. The third-order valence-corrected chi connectivity index (χ3v) is 9.93. The van der Waals surface area contributed by atoms with E-state index in [0.29, 0.717) is 11.1 Å². The van der Waals surface area contributed by atoms with E-state index in [-0.39, 0.29) is 49.0 Å². The van der Waals surface area contributed by atoms with Gasteiger partial charge in [-0.3, -0.25) is 18.8 Å². The van der Waals surface area contributed by atoms with E-state index in [1.807, 2.05) is 42.2 Å². The number of rotatable bonds is 8. The summed E-state index contributed by atoms with van der Waals surface area (Å²) in [5.74, 6) is -0.478. The maximum absolute atomic E-state index is 13.8. The molecule has 0 amide bonds. The summed E-state index contributed by atoms with van der Waals surface area (Å²) >= 11 is 0. The van der Waals surface area contributed by atoms with Crippen LogP contribution < -0.4 is 17.0 Å². The Morgan fingerprint density at radius 3 is 2.11 bits per heavy atom. The SMILES string of the molecule is COC(=O)c1ccc(C(c2c(N)n(Cc3ccccc3)c(=O)n(C)c2=O)N2CCN(S(=O)(=O)c3ccc(C)cc3)CC2)cc1. The molecule has 1 aliphatic heterocycles. The summed E-state index contributed by atoms with van der Waals surface area (Å²) in [7, 11) is -1.02. The van der Waals surface area contributed by atoms with E-state index in [4.69, 9.17) is 10.5 Å². The van der Waals surface area contributed by atoms with Gasteiger partial charge in [-0.2, -0.15) is 4.31 Å². The van der Waals surface area contributed by atoms with Crippen LogP contribution in [0.5, 0.6) is 0 Å². The van der Waals surface area contributed by atoms with Crippen LogP contribution in [0.25, 0.3) is 0 Å². The second-order valence-electron chi connectivity index (χ2n) is 10.8. The Morgan fingerprint density at radius 1 is 0.909 bits per heavy atom. The second-order valence-corrected chi connectivity index (χ2v) is 12.7. The van der Waals surface area contributed by atoms with Crippen LogP contribution in [0.2, 0.25) is 0 Å². The van der Waals surface area contributed by atoms with Gasteiger partial charge < -0.3 is 10.5 Å². The number of esters is 1. The molecule has 0 saturated carbocycles. The lowest BCUT2D eigenvalue weighted by molar-refractivity contribution is 0.0600. The molecule has 1 aliphatic rings. The number of ether oxygens (including phenoxy) is 1. The first-order valence-corrected chi connectivity index (χ1v) is 15.6. The highest BCUT2D eigenvalue weighted by Gasteiger charge is 2.35. The molecule has 1 atom stereocenters. The largest absolute Gasteiger partial charge is 0.465 e. The predicted molar refractivity (Wildman–Crippen MR) is 167 cm³/mol. The maximum atomic E-state index is 13.8. The summed E-state index contributed by atoms with van der Waals surface area (Å²) in [4.78, 5) is 41.4. The van der Waals surface area contributed by atoms with E-state index in [9.17, 15) is 22.8 Å². The molecule has 1 saturated heterocycles. The molecule has 44 heavy (non-hydrogen) atoms. The Hall–Kier alpha value is -4.52. The van der Waals surface area contributed by atoms with E-state index < -0.39 is 33.3 Å². The molecule has 0 spiro atoms. The fourth-order valence-corrected chi connectivity index (χ4v) is 6.95. The van der Waals surface area contributed by atoms with Crippen molar-refractivity contribution in [1.82, 2.24) is 18.3 Å². The van der Waals surface area contributed by atoms with E-state index >= 15 is 0 Å². The van der Waals surface area contributed by atoms with E-state index in [0.717, 1.165) is 15.7 Å². The van der Waals surface area contributed by atoms with Gasteiger partial charge in [0, 0.05) is 33.2 Å². The van der Waals surface area contributed by atoms with Crippen molar-refractivity contribution in [2.75, 3.05) is 39.0 Å². The number of methoxy groups -OCH3 is 1. The number of benzene rings is 3. The number of piperazine rings is 1. The first-order valence-electron chi connectivity index (χ1n) is 14.1. The number of aryl methyl sites for hydroxylation is 1. The molecule has 1 unspecified atom stereocenters. The van der Waals surface area contributed by atoms with Crippen molar-refractivity contribution < 1.29 is 17.9 Å². The monoisotopic (exact) mass is 617 g/mol. The Bertz CT molecular complexity index is 1880. The van der Waals surface area contributed by atoms with Crippen molar-refractivity contribution in [2.24, 2.45) is 7.05 Å². The average Bonchev–Trinajstić information content (AvgIpc) is 3.04. The number of carbonyl (C=O) groups excluding carboxylic acids is 1. The van der Waals surface area contributed by atoms with Gasteiger partial charge in [-0.15, -0.1) is 0 Å². The summed E-state index contributed by atoms with van der Waals surface area (Å²) < 4.78 is 35.5. The first kappa shape index (κ1) is 30.9. The van der Waals surface area contributed by atoms with Gasteiger partial charge in [-0.25, -0.2) is 18.0 Å². The zero-order chi connectivity index (χ0) is 31.6. The van der Waals surface area contributed by atoms with Gasteiger partial charge in [0.15, 0.2) is 0 Å². The number of hydrogen-bond donors (Lipinski definition) is 1. The Kier molecular flexibility index (Phi) is 8.86. The van der Waals surface area contributed by atoms with Crippen molar-refractivity contribution >= 4 is 21.8 Å². The van der Waals surface area contributed by atoms with Crippen LogP contribution >= 0.6 is 0 Å². The maximum Gasteiger partial charge on any atom is 0.337 e. The number of sulfonamides is 1. The van der Waals surface area contributed by atoms with Crippen LogP contribution in [0.1, 0.15) is 38.7 Å². The third-order valence-electron chi connectivity index (χ3n) is 8.02. The van der Waals surface area contributed by atoms with Gasteiger partial charge in [-0.05, 0) is 42.3 Å². The highest BCUT2D eigenvalue weighted by atomic mass is 32.2. The number of aromatic nitrogens is 2. The summed E-state index contributed by atoms with van der Waals surface area (Å²) in [5, 5.41) is 0. The van der Waals surface area contributed by atoms with Gasteiger partial charge in [0.1, 0.15) is 5.82 Å². The number of hydrogen-bond acceptors (Lipinski definition) is 8. The van der Waals surface area contributed by atoms with Gasteiger partial charge in [0.2, 0.25) is 10.0 Å². The molecule has 0 bridgehead atoms. The first-order chi connectivity index (χ1) is 21.0. The van der Waals surface area contributed by atoms with Crippen molar-refractivity contribution in [3.63, 3.8) is 0 Å². The van der Waals surface area contributed by atoms with Crippen LogP contribution in [0.3, 0.4) is 0 Å². The van der Waals surface area contributed by atoms with Crippen molar-refractivity contribution in [3.05, 3.63) is 128 Å². The lowest BCUT2D eigenvalue weighted by Crippen LogP contribution is -2.51. The zero-order valence-corrected chi connectivity index (χ0v) is 25.7. The van der Waals surface area contributed by atoms with E-state index in [1.165, 1.54) is 23.0 Å². The fourth-order valence-electron chi connectivity index (χ4n) is 5.52. The summed E-state index contributed by atoms with van der Waals surface area (Å²) in [6.45, 7) is 2.98. The highest BCUT2D eigenvalue weighted by Crippen LogP contribution is 2.32. The van der Waals surface area contributed by atoms with Crippen molar-refractivity contribution in [3.8, 4) is 0 Å². The predicted octanol–water partition coefficient (Wildman–Crippen LogP) is 2.37. The molecule has 1 aromatic heterocycles. The molecule has 0 aliphatic carbocycles. The number of carbonyl (C=O) groups is 1. The van der Waals surface area contributed by atoms with Crippen molar-refractivity contribution in [1.29, 1.82) is 0 Å². The molecular weight excluding hydrogens is 582 g/mol. The van der Waals surface area contributed by atoms with Crippen LogP contribution in [-0.2, 0) is 28.4 Å². The minimum Gasteiger partial charge on any atom is -0.465 e. The topological polar surface area (TPSA) is 137 Å². The molecule has 0 radical (unpaired) electrons. The highest BCUT2D eigenvalue weighted by molar-refractivity contribution is 7.89. The molecular formula is C32H35N5O6S. The number of nitrogens with two attached hydrogens (primary N) is 1. The minimum atomic E-state index is -3.73. The molecule has 2 N–H and O–H groups in total. The van der Waals surface area contributed by atoms with Gasteiger partial charge >= 0.3 is 11.7 Å². The quantitative estimate of drug-likeness (QED) is 0.298. The van der Waals surface area contributed by atoms with Gasteiger partial charge in [0.25, 0.3) is 5.56 Å². The number of nitrogen functional groups attached to an aromatic ring is 1. The number of nitrogens with zero attached hydrogens (tertiary/aromatic N) is 4.